The highest BCUT2D eigenvalue weighted by Crippen LogP contribution is 2.19. The summed E-state index contributed by atoms with van der Waals surface area (Å²) in [5.74, 6) is 0. The van der Waals surface area contributed by atoms with Gasteiger partial charge in [0, 0.05) is 11.4 Å². The summed E-state index contributed by atoms with van der Waals surface area (Å²) in [7, 11) is 0. The summed E-state index contributed by atoms with van der Waals surface area (Å²) in [5, 5.41) is 2.04. The van der Waals surface area contributed by atoms with Crippen LogP contribution in [0.2, 0.25) is 0 Å². The average Bonchev–Trinajstić information content (AvgIpc) is 2.43. The largest absolute Gasteiger partial charge is 0.326 e. The fourth-order valence-corrected chi connectivity index (χ4v) is 2.00. The number of halogens is 1. The fourth-order valence-electron chi connectivity index (χ4n) is 0.660. The molecule has 1 nitrogen and oxygen atoms in total. The van der Waals surface area contributed by atoms with Crippen LogP contribution >= 0.6 is 27.3 Å². The Kier molecular flexibility index (Phi) is 3.12. The van der Waals surface area contributed by atoms with E-state index in [1.807, 2.05) is 16.4 Å². The highest BCUT2D eigenvalue weighted by Gasteiger charge is 1.97. The van der Waals surface area contributed by atoms with Gasteiger partial charge < -0.3 is 5.73 Å². The van der Waals surface area contributed by atoms with Crippen molar-refractivity contribution in [2.45, 2.75) is 0 Å². The van der Waals surface area contributed by atoms with E-state index in [1.165, 1.54) is 4.88 Å². The van der Waals surface area contributed by atoms with Crippen LogP contribution in [0.15, 0.2) is 22.5 Å². The minimum atomic E-state index is 0.589. The molecule has 1 rings (SSSR count). The Morgan fingerprint density at radius 1 is 1.80 bits per heavy atom. The van der Waals surface area contributed by atoms with E-state index in [0.29, 0.717) is 6.54 Å². The Balaban J connectivity index is 2.85. The van der Waals surface area contributed by atoms with Crippen molar-refractivity contribution >= 4 is 32.8 Å². The van der Waals surface area contributed by atoms with Crippen molar-refractivity contribution < 1.29 is 0 Å². The summed E-state index contributed by atoms with van der Waals surface area (Å²) in [6.45, 7) is 0.589. The van der Waals surface area contributed by atoms with Gasteiger partial charge >= 0.3 is 0 Å². The molecule has 0 aromatic carbocycles. The second-order valence-corrected chi connectivity index (χ2v) is 3.22. The van der Waals surface area contributed by atoms with Crippen molar-refractivity contribution in [3.63, 3.8) is 0 Å². The van der Waals surface area contributed by atoms with Gasteiger partial charge in [-0.3, -0.25) is 0 Å². The first kappa shape index (κ1) is 7.98. The van der Waals surface area contributed by atoms with Crippen LogP contribution < -0.4 is 5.73 Å². The molecule has 0 aliphatic carbocycles. The van der Waals surface area contributed by atoms with Gasteiger partial charge in [-0.15, -0.1) is 11.3 Å². The maximum absolute atomic E-state index is 5.48. The Morgan fingerprint density at radius 2 is 2.60 bits per heavy atom. The van der Waals surface area contributed by atoms with Gasteiger partial charge in [0.25, 0.3) is 0 Å². The molecule has 1 heterocycles. The Hall–Kier alpha value is -0.120. The van der Waals surface area contributed by atoms with Gasteiger partial charge in [0.05, 0.1) is 0 Å². The predicted octanol–water partition coefficient (Wildman–Crippen LogP) is 2.44. The molecule has 2 N–H and O–H groups in total. The monoisotopic (exact) mass is 217 g/mol. The lowest BCUT2D eigenvalue weighted by molar-refractivity contribution is 1.28. The smallest absolute Gasteiger partial charge is 0.0320 e. The molecule has 0 fully saturated rings. The summed E-state index contributed by atoms with van der Waals surface area (Å²) in [6.07, 6.45) is 0. The first-order valence-electron chi connectivity index (χ1n) is 2.91. The molecule has 0 saturated carbocycles. The second-order valence-electron chi connectivity index (χ2n) is 1.82. The fraction of sp³-hybridized carbons (Fsp3) is 0.143. The van der Waals surface area contributed by atoms with Crippen molar-refractivity contribution in [1.82, 2.24) is 0 Å². The molecule has 1 aromatic heterocycles. The average molecular weight is 218 g/mol. The van der Waals surface area contributed by atoms with E-state index in [0.717, 1.165) is 5.57 Å². The Bertz CT molecular complexity index is 216. The van der Waals surface area contributed by atoms with Gasteiger partial charge in [-0.2, -0.15) is 0 Å². The Labute approximate surface area is 72.7 Å². The molecule has 0 radical (unpaired) electrons. The number of hydrogen-bond acceptors (Lipinski definition) is 2. The van der Waals surface area contributed by atoms with E-state index in [9.17, 15) is 0 Å². The van der Waals surface area contributed by atoms with Crippen LogP contribution in [0, 0.1) is 0 Å². The van der Waals surface area contributed by atoms with E-state index in [4.69, 9.17) is 5.73 Å². The molecular weight excluding hydrogens is 210 g/mol. The van der Waals surface area contributed by atoms with E-state index in [1.54, 1.807) is 11.3 Å². The third-order valence-electron chi connectivity index (χ3n) is 1.19. The lowest BCUT2D eigenvalue weighted by atomic mass is 10.2. The molecule has 1 aromatic rings. The van der Waals surface area contributed by atoms with E-state index < -0.39 is 0 Å². The summed E-state index contributed by atoms with van der Waals surface area (Å²) in [4.78, 5) is 3.11. The first-order chi connectivity index (χ1) is 4.88. The van der Waals surface area contributed by atoms with Crippen LogP contribution in [-0.4, -0.2) is 6.54 Å². The highest BCUT2D eigenvalue weighted by atomic mass is 79.9. The number of rotatable bonds is 2. The van der Waals surface area contributed by atoms with Crippen molar-refractivity contribution in [1.29, 1.82) is 0 Å². The highest BCUT2D eigenvalue weighted by molar-refractivity contribution is 9.11. The SMILES string of the molecule is NC/C(=C\Br)c1cccs1. The predicted molar refractivity (Wildman–Crippen MR) is 50.3 cm³/mol. The molecule has 3 heteroatoms. The van der Waals surface area contributed by atoms with Crippen molar-refractivity contribution in [2.75, 3.05) is 6.54 Å². The van der Waals surface area contributed by atoms with E-state index >= 15 is 0 Å². The third kappa shape index (κ3) is 1.68. The number of thiophene rings is 1. The molecule has 0 atom stereocenters. The van der Waals surface area contributed by atoms with E-state index in [-0.39, 0.29) is 0 Å². The first-order valence-corrected chi connectivity index (χ1v) is 4.71. The van der Waals surface area contributed by atoms with Crippen LogP contribution in [0.1, 0.15) is 4.88 Å². The van der Waals surface area contributed by atoms with Gasteiger partial charge in [0.15, 0.2) is 0 Å². The van der Waals surface area contributed by atoms with Crippen LogP contribution in [0.4, 0.5) is 0 Å². The minimum absolute atomic E-state index is 0.589. The van der Waals surface area contributed by atoms with Crippen LogP contribution in [-0.2, 0) is 0 Å². The van der Waals surface area contributed by atoms with Crippen molar-refractivity contribution in [3.05, 3.63) is 27.4 Å². The molecule has 0 amide bonds. The van der Waals surface area contributed by atoms with Gasteiger partial charge in [0.1, 0.15) is 0 Å². The molecule has 0 aliphatic heterocycles. The molecule has 54 valence electrons. The lowest BCUT2D eigenvalue weighted by Crippen LogP contribution is -1.99. The van der Waals surface area contributed by atoms with Gasteiger partial charge in [-0.1, -0.05) is 22.0 Å². The zero-order valence-electron chi connectivity index (χ0n) is 5.38. The number of nitrogens with two attached hydrogens (primary N) is 1. The standard InChI is InChI=1S/C7H8BrNS/c8-4-6(5-9)7-2-1-3-10-7/h1-4H,5,9H2/b6-4+. The maximum atomic E-state index is 5.48. The Morgan fingerprint density at radius 3 is 3.00 bits per heavy atom. The van der Waals surface area contributed by atoms with Crippen LogP contribution in [0.3, 0.4) is 0 Å². The summed E-state index contributed by atoms with van der Waals surface area (Å²) in [6, 6.07) is 4.08. The summed E-state index contributed by atoms with van der Waals surface area (Å²) >= 11 is 4.96. The normalized spacial score (nSPS) is 12.0. The second kappa shape index (κ2) is 3.91. The van der Waals surface area contributed by atoms with Gasteiger partial charge in [-0.05, 0) is 22.0 Å². The van der Waals surface area contributed by atoms with Crippen molar-refractivity contribution in [3.8, 4) is 0 Å². The molecule has 0 saturated heterocycles. The maximum Gasteiger partial charge on any atom is 0.0320 e. The molecule has 0 bridgehead atoms. The van der Waals surface area contributed by atoms with Crippen LogP contribution in [0.25, 0.3) is 5.57 Å². The molecule has 0 spiro atoms. The minimum Gasteiger partial charge on any atom is -0.326 e. The molecule has 10 heavy (non-hydrogen) atoms. The zero-order chi connectivity index (χ0) is 7.40. The zero-order valence-corrected chi connectivity index (χ0v) is 7.78. The quantitative estimate of drug-likeness (QED) is 0.810. The van der Waals surface area contributed by atoms with E-state index in [2.05, 4.69) is 22.0 Å². The van der Waals surface area contributed by atoms with Crippen LogP contribution in [0.5, 0.6) is 0 Å². The lowest BCUT2D eigenvalue weighted by Gasteiger charge is -1.96. The molecular formula is C7H8BrNS. The third-order valence-corrected chi connectivity index (χ3v) is 2.69. The van der Waals surface area contributed by atoms with Gasteiger partial charge in [-0.25, -0.2) is 0 Å². The molecule has 0 unspecified atom stereocenters. The van der Waals surface area contributed by atoms with Crippen molar-refractivity contribution in [2.24, 2.45) is 5.73 Å². The topological polar surface area (TPSA) is 26.0 Å². The summed E-state index contributed by atoms with van der Waals surface area (Å²) < 4.78 is 0. The van der Waals surface area contributed by atoms with Gasteiger partial charge in [0.2, 0.25) is 0 Å². The number of hydrogen-bond donors (Lipinski definition) is 1. The molecule has 0 aliphatic rings. The summed E-state index contributed by atoms with van der Waals surface area (Å²) in [5.41, 5.74) is 6.63.